The molecule has 0 radical (unpaired) electrons. The zero-order chi connectivity index (χ0) is 27.5. The average molecular weight is 549 g/mol. The number of carbonyl (C=O) groups excluding carboxylic acids is 1. The lowest BCUT2D eigenvalue weighted by atomic mass is 9.43. The van der Waals surface area contributed by atoms with Crippen molar-refractivity contribution >= 4 is 5.97 Å². The first-order valence-electron chi connectivity index (χ1n) is 15.0. The SMILES string of the molecule is CO[C@H]1[C@H](O)[C@H](O[C@H]2CC[C@@]3(C)[C@H](CC[C@@H]4[C@@H]3[C@@H]3O[C@@H]3[C@]3(C)[C@@H](C5=CC(=O)OC5)CC[C@]43O)C2)O[C@@H](C)[C@@H]1O. The van der Waals surface area contributed by atoms with Gasteiger partial charge in [-0.3, -0.25) is 0 Å². The molecular formula is C30H44O9. The molecule has 0 amide bonds. The number of hydrogen-bond acceptors (Lipinski definition) is 9. The van der Waals surface area contributed by atoms with Gasteiger partial charge in [-0.1, -0.05) is 13.8 Å². The van der Waals surface area contributed by atoms with E-state index in [4.69, 9.17) is 23.7 Å². The fraction of sp³-hybridized carbons (Fsp3) is 0.900. The summed E-state index contributed by atoms with van der Waals surface area (Å²) in [5, 5.41) is 33.6. The van der Waals surface area contributed by atoms with Gasteiger partial charge in [0.15, 0.2) is 6.29 Å². The number of esters is 1. The Bertz CT molecular complexity index is 1050. The molecule has 0 aromatic carbocycles. The zero-order valence-corrected chi connectivity index (χ0v) is 23.5. The van der Waals surface area contributed by atoms with Crippen molar-refractivity contribution in [2.24, 2.45) is 34.5 Å². The topological polar surface area (TPSA) is 127 Å². The molecule has 9 nitrogen and oxygen atoms in total. The van der Waals surface area contributed by atoms with E-state index < -0.39 is 41.7 Å². The number of cyclic esters (lactones) is 1. The Labute approximate surface area is 230 Å². The normalized spacial score (nSPS) is 58.0. The van der Waals surface area contributed by atoms with Gasteiger partial charge in [0.2, 0.25) is 0 Å². The molecule has 9 heteroatoms. The van der Waals surface area contributed by atoms with Crippen LogP contribution in [-0.2, 0) is 28.5 Å². The molecule has 15 atom stereocenters. The summed E-state index contributed by atoms with van der Waals surface area (Å²) in [6, 6.07) is 0. The highest BCUT2D eigenvalue weighted by molar-refractivity contribution is 5.85. The minimum atomic E-state index is -1.05. The van der Waals surface area contributed by atoms with Crippen LogP contribution in [0.3, 0.4) is 0 Å². The van der Waals surface area contributed by atoms with E-state index in [0.29, 0.717) is 18.4 Å². The monoisotopic (exact) mass is 548 g/mol. The van der Waals surface area contributed by atoms with Gasteiger partial charge in [0.25, 0.3) is 0 Å². The lowest BCUT2D eigenvalue weighted by molar-refractivity contribution is -0.313. The van der Waals surface area contributed by atoms with Gasteiger partial charge in [-0.05, 0) is 86.5 Å². The van der Waals surface area contributed by atoms with Gasteiger partial charge in [0, 0.05) is 18.6 Å². The number of epoxide rings is 1. The van der Waals surface area contributed by atoms with E-state index in [9.17, 15) is 20.1 Å². The molecule has 0 unspecified atom stereocenters. The Kier molecular flexibility index (Phi) is 6.16. The molecule has 39 heavy (non-hydrogen) atoms. The van der Waals surface area contributed by atoms with E-state index in [2.05, 4.69) is 13.8 Å². The highest BCUT2D eigenvalue weighted by atomic mass is 16.7. The van der Waals surface area contributed by atoms with Crippen molar-refractivity contribution in [3.05, 3.63) is 11.6 Å². The van der Waals surface area contributed by atoms with Gasteiger partial charge in [-0.2, -0.15) is 0 Å². The second kappa shape index (κ2) is 8.96. The summed E-state index contributed by atoms with van der Waals surface area (Å²) >= 11 is 0. The maximum Gasteiger partial charge on any atom is 0.331 e. The minimum absolute atomic E-state index is 0.00192. The van der Waals surface area contributed by atoms with Gasteiger partial charge in [0.1, 0.15) is 24.9 Å². The summed E-state index contributed by atoms with van der Waals surface area (Å²) in [5.74, 6) is 0.727. The second-order valence-corrected chi connectivity index (χ2v) is 14.0. The Hall–Kier alpha value is -1.07. The maximum absolute atomic E-state index is 12.5. The number of fused-ring (bicyclic) bond motifs is 8. The molecule has 2 saturated heterocycles. The Morgan fingerprint density at radius 1 is 1.05 bits per heavy atom. The summed E-state index contributed by atoms with van der Waals surface area (Å²) in [5.41, 5.74) is -0.169. The third-order valence-corrected chi connectivity index (χ3v) is 12.6. The third kappa shape index (κ3) is 3.60. The molecule has 0 aromatic rings. The lowest BCUT2D eigenvalue weighted by Crippen LogP contribution is -2.65. The van der Waals surface area contributed by atoms with Crippen molar-refractivity contribution in [1.29, 1.82) is 0 Å². The van der Waals surface area contributed by atoms with Crippen LogP contribution in [0.4, 0.5) is 0 Å². The number of rotatable bonds is 4. The Balaban J connectivity index is 1.09. The molecule has 7 rings (SSSR count). The van der Waals surface area contributed by atoms with Gasteiger partial charge in [0.05, 0.1) is 30.0 Å². The predicted octanol–water partition coefficient (Wildman–Crippen LogP) is 2.10. The first kappa shape index (κ1) is 26.8. The third-order valence-electron chi connectivity index (χ3n) is 12.6. The Morgan fingerprint density at radius 3 is 2.56 bits per heavy atom. The van der Waals surface area contributed by atoms with Crippen LogP contribution >= 0.6 is 0 Å². The summed E-state index contributed by atoms with van der Waals surface area (Å²) in [6.07, 6.45) is 3.98. The van der Waals surface area contributed by atoms with Crippen molar-refractivity contribution in [2.45, 2.75) is 120 Å². The standard InChI is InChI=1S/C30H44O9/c1-14-22(32)25(35-4)23(33)27(37-14)38-17-7-9-28(2)16(12-17)5-6-19-21(28)24-26(39-24)29(3)18(8-10-30(19,29)34)15-11-20(31)36-13-15/h11,14,16-19,21-27,32-34H,5-10,12-13H2,1-4H3/t14-,16+,17-,18+,19+,21+,22-,23-,24-,25+,26-,27-,28-,29-,30-/m0/s1. The molecule has 4 aliphatic carbocycles. The van der Waals surface area contributed by atoms with Crippen LogP contribution in [0, 0.1) is 34.5 Å². The first-order valence-corrected chi connectivity index (χ1v) is 15.0. The lowest BCUT2D eigenvalue weighted by Gasteiger charge is -2.62. The van der Waals surface area contributed by atoms with Crippen molar-refractivity contribution in [3.63, 3.8) is 0 Å². The number of methoxy groups -OCH3 is 1. The van der Waals surface area contributed by atoms with Crippen LogP contribution in [0.15, 0.2) is 11.6 Å². The molecule has 6 fully saturated rings. The molecule has 218 valence electrons. The van der Waals surface area contributed by atoms with Gasteiger partial charge in [-0.15, -0.1) is 0 Å². The molecule has 0 spiro atoms. The second-order valence-electron chi connectivity index (χ2n) is 14.0. The highest BCUT2D eigenvalue weighted by Crippen LogP contribution is 2.74. The van der Waals surface area contributed by atoms with Crippen molar-refractivity contribution in [3.8, 4) is 0 Å². The first-order chi connectivity index (χ1) is 18.5. The van der Waals surface area contributed by atoms with E-state index in [0.717, 1.165) is 50.5 Å². The zero-order valence-electron chi connectivity index (χ0n) is 23.5. The van der Waals surface area contributed by atoms with Crippen LogP contribution in [0.1, 0.15) is 65.7 Å². The number of hydrogen-bond donors (Lipinski definition) is 3. The van der Waals surface area contributed by atoms with Crippen LogP contribution in [0.2, 0.25) is 0 Å². The molecule has 0 aromatic heterocycles. The van der Waals surface area contributed by atoms with Crippen molar-refractivity contribution < 1.29 is 43.8 Å². The number of ether oxygens (including phenoxy) is 5. The molecule has 0 bridgehead atoms. The maximum atomic E-state index is 12.5. The number of aliphatic hydroxyl groups is 3. The Morgan fingerprint density at radius 2 is 1.85 bits per heavy atom. The minimum Gasteiger partial charge on any atom is -0.458 e. The summed E-state index contributed by atoms with van der Waals surface area (Å²) < 4.78 is 29.4. The molecule has 7 aliphatic rings. The quantitative estimate of drug-likeness (QED) is 0.275. The average Bonchev–Trinajstić information content (AvgIpc) is 3.51. The fourth-order valence-electron chi connectivity index (χ4n) is 10.4. The van der Waals surface area contributed by atoms with Crippen LogP contribution in [-0.4, -0.2) is 89.6 Å². The smallest absolute Gasteiger partial charge is 0.331 e. The molecule has 3 N–H and O–H groups in total. The van der Waals surface area contributed by atoms with Crippen LogP contribution < -0.4 is 0 Å². The fourth-order valence-corrected chi connectivity index (χ4v) is 10.4. The predicted molar refractivity (Wildman–Crippen MR) is 137 cm³/mol. The summed E-state index contributed by atoms with van der Waals surface area (Å²) in [6.45, 7) is 6.71. The van der Waals surface area contributed by atoms with Crippen molar-refractivity contribution in [1.82, 2.24) is 0 Å². The summed E-state index contributed by atoms with van der Waals surface area (Å²) in [7, 11) is 1.48. The van der Waals surface area contributed by atoms with Gasteiger partial charge < -0.3 is 39.0 Å². The summed E-state index contributed by atoms with van der Waals surface area (Å²) in [4.78, 5) is 11.9. The highest BCUT2D eigenvalue weighted by Gasteiger charge is 2.79. The van der Waals surface area contributed by atoms with E-state index in [1.165, 1.54) is 7.11 Å². The van der Waals surface area contributed by atoms with E-state index in [1.54, 1.807) is 13.0 Å². The van der Waals surface area contributed by atoms with E-state index in [-0.39, 0.29) is 41.5 Å². The number of carbonyl (C=O) groups is 1. The number of aliphatic hydroxyl groups excluding tert-OH is 2. The molecular weight excluding hydrogens is 504 g/mol. The van der Waals surface area contributed by atoms with Gasteiger partial charge >= 0.3 is 5.97 Å². The van der Waals surface area contributed by atoms with E-state index >= 15 is 0 Å². The van der Waals surface area contributed by atoms with E-state index in [1.807, 2.05) is 0 Å². The van der Waals surface area contributed by atoms with Crippen molar-refractivity contribution in [2.75, 3.05) is 13.7 Å². The molecule has 4 saturated carbocycles. The van der Waals surface area contributed by atoms with Gasteiger partial charge in [-0.25, -0.2) is 4.79 Å². The largest absolute Gasteiger partial charge is 0.458 e. The molecule has 3 heterocycles. The van der Waals surface area contributed by atoms with Crippen LogP contribution in [0.25, 0.3) is 0 Å². The molecule has 3 aliphatic heterocycles. The van der Waals surface area contributed by atoms with Crippen LogP contribution in [0.5, 0.6) is 0 Å².